The second-order valence-corrected chi connectivity index (χ2v) is 5.78. The average molecular weight is 379 g/mol. The minimum absolute atomic E-state index is 0.0825. The number of anilines is 2. The van der Waals surface area contributed by atoms with Crippen LogP contribution in [-0.2, 0) is 11.3 Å². The summed E-state index contributed by atoms with van der Waals surface area (Å²) in [6.45, 7) is 2.12. The van der Waals surface area contributed by atoms with E-state index in [1.165, 1.54) is 6.92 Å². The molecule has 6 heteroatoms. The predicted octanol–water partition coefficient (Wildman–Crippen LogP) is 4.04. The number of hydrogen-bond donors (Lipinski definition) is 2. The molecule has 0 unspecified atom stereocenters. The smallest absolute Gasteiger partial charge is 0.221 e. The van der Waals surface area contributed by atoms with E-state index in [0.717, 1.165) is 21.4 Å². The summed E-state index contributed by atoms with van der Waals surface area (Å²) in [6.07, 6.45) is 0. The van der Waals surface area contributed by atoms with Crippen LogP contribution in [-0.4, -0.2) is 20.1 Å². The summed E-state index contributed by atoms with van der Waals surface area (Å²) in [5.41, 5.74) is 2.79. The molecule has 0 aliphatic carbocycles. The SMILES string of the molecule is COc1cc(CNc2ccc(NC(C)=O)cc2)cc(Br)c1OC. The highest BCUT2D eigenvalue weighted by Gasteiger charge is 2.10. The standard InChI is InChI=1S/C17H19BrN2O3/c1-11(21)20-14-6-4-13(5-7-14)19-10-12-8-15(18)17(23-3)16(9-12)22-2/h4-9,19H,10H2,1-3H3,(H,20,21). The lowest BCUT2D eigenvalue weighted by Crippen LogP contribution is -2.06. The van der Waals surface area contributed by atoms with Crippen molar-refractivity contribution in [2.24, 2.45) is 0 Å². The molecule has 2 aromatic carbocycles. The fraction of sp³-hybridized carbons (Fsp3) is 0.235. The Bertz CT molecular complexity index is 687. The molecule has 23 heavy (non-hydrogen) atoms. The lowest BCUT2D eigenvalue weighted by molar-refractivity contribution is -0.114. The minimum atomic E-state index is -0.0825. The number of carbonyl (C=O) groups is 1. The first kappa shape index (κ1) is 17.1. The van der Waals surface area contributed by atoms with E-state index >= 15 is 0 Å². The Kier molecular flexibility index (Phi) is 5.87. The van der Waals surface area contributed by atoms with Crippen molar-refractivity contribution in [1.29, 1.82) is 0 Å². The summed E-state index contributed by atoms with van der Waals surface area (Å²) in [4.78, 5) is 11.0. The van der Waals surface area contributed by atoms with E-state index in [1.54, 1.807) is 14.2 Å². The van der Waals surface area contributed by atoms with Gasteiger partial charge in [0.05, 0.1) is 18.7 Å². The van der Waals surface area contributed by atoms with E-state index in [2.05, 4.69) is 26.6 Å². The number of ether oxygens (including phenoxy) is 2. The molecule has 122 valence electrons. The van der Waals surface area contributed by atoms with Gasteiger partial charge in [0.15, 0.2) is 11.5 Å². The first-order valence-electron chi connectivity index (χ1n) is 7.05. The lowest BCUT2D eigenvalue weighted by Gasteiger charge is -2.13. The van der Waals surface area contributed by atoms with Crippen molar-refractivity contribution in [1.82, 2.24) is 0 Å². The molecular formula is C17H19BrN2O3. The molecule has 0 heterocycles. The maximum absolute atomic E-state index is 11.0. The number of halogens is 1. The Morgan fingerprint density at radius 1 is 1.09 bits per heavy atom. The topological polar surface area (TPSA) is 59.6 Å². The molecule has 0 bridgehead atoms. The molecule has 0 fully saturated rings. The van der Waals surface area contributed by atoms with E-state index < -0.39 is 0 Å². The largest absolute Gasteiger partial charge is 0.493 e. The molecule has 1 amide bonds. The normalized spacial score (nSPS) is 10.1. The van der Waals surface area contributed by atoms with Crippen LogP contribution in [0.3, 0.4) is 0 Å². The van der Waals surface area contributed by atoms with Crippen molar-refractivity contribution in [3.05, 3.63) is 46.4 Å². The first-order valence-corrected chi connectivity index (χ1v) is 7.84. The summed E-state index contributed by atoms with van der Waals surface area (Å²) in [6, 6.07) is 11.5. The fourth-order valence-electron chi connectivity index (χ4n) is 2.15. The third-order valence-corrected chi connectivity index (χ3v) is 3.78. The highest BCUT2D eigenvalue weighted by molar-refractivity contribution is 9.10. The van der Waals surface area contributed by atoms with E-state index in [9.17, 15) is 4.79 Å². The highest BCUT2D eigenvalue weighted by atomic mass is 79.9. The Morgan fingerprint density at radius 2 is 1.74 bits per heavy atom. The van der Waals surface area contributed by atoms with Gasteiger partial charge >= 0.3 is 0 Å². The first-order chi connectivity index (χ1) is 11.0. The number of rotatable bonds is 6. The van der Waals surface area contributed by atoms with Gasteiger partial charge in [-0.1, -0.05) is 0 Å². The van der Waals surface area contributed by atoms with Crippen molar-refractivity contribution < 1.29 is 14.3 Å². The average Bonchev–Trinajstić information content (AvgIpc) is 2.53. The van der Waals surface area contributed by atoms with Crippen LogP contribution in [0, 0.1) is 0 Å². The van der Waals surface area contributed by atoms with E-state index in [-0.39, 0.29) is 5.91 Å². The van der Waals surface area contributed by atoms with Crippen LogP contribution in [0.2, 0.25) is 0 Å². The summed E-state index contributed by atoms with van der Waals surface area (Å²) in [5.74, 6) is 1.27. The zero-order valence-electron chi connectivity index (χ0n) is 13.3. The highest BCUT2D eigenvalue weighted by Crippen LogP contribution is 2.36. The maximum Gasteiger partial charge on any atom is 0.221 e. The monoisotopic (exact) mass is 378 g/mol. The molecule has 0 saturated carbocycles. The van der Waals surface area contributed by atoms with E-state index in [4.69, 9.17) is 9.47 Å². The van der Waals surface area contributed by atoms with E-state index in [1.807, 2.05) is 36.4 Å². The van der Waals surface area contributed by atoms with Crippen molar-refractivity contribution in [3.8, 4) is 11.5 Å². The van der Waals surface area contributed by atoms with Crippen LogP contribution < -0.4 is 20.1 Å². The number of amides is 1. The van der Waals surface area contributed by atoms with Crippen LogP contribution in [0.4, 0.5) is 11.4 Å². The number of nitrogens with one attached hydrogen (secondary N) is 2. The van der Waals surface area contributed by atoms with Gasteiger partial charge in [-0.3, -0.25) is 4.79 Å². The Morgan fingerprint density at radius 3 is 2.30 bits per heavy atom. The number of methoxy groups -OCH3 is 2. The molecule has 0 aromatic heterocycles. The summed E-state index contributed by atoms with van der Waals surface area (Å²) < 4.78 is 11.5. The molecule has 0 atom stereocenters. The van der Waals surface area contributed by atoms with Crippen LogP contribution in [0.5, 0.6) is 11.5 Å². The summed E-state index contributed by atoms with van der Waals surface area (Å²) in [5, 5.41) is 6.07. The lowest BCUT2D eigenvalue weighted by atomic mass is 10.2. The molecule has 5 nitrogen and oxygen atoms in total. The van der Waals surface area contributed by atoms with Gasteiger partial charge in [-0.2, -0.15) is 0 Å². The van der Waals surface area contributed by atoms with E-state index in [0.29, 0.717) is 18.0 Å². The van der Waals surface area contributed by atoms with Crippen LogP contribution in [0.25, 0.3) is 0 Å². The minimum Gasteiger partial charge on any atom is -0.493 e. The third kappa shape index (κ3) is 4.63. The van der Waals surface area contributed by atoms with Crippen molar-refractivity contribution in [2.75, 3.05) is 24.9 Å². The van der Waals surface area contributed by atoms with Crippen molar-refractivity contribution >= 4 is 33.2 Å². The summed E-state index contributed by atoms with van der Waals surface area (Å²) >= 11 is 3.48. The Labute approximate surface area is 144 Å². The molecule has 0 aliphatic heterocycles. The fourth-order valence-corrected chi connectivity index (χ4v) is 2.80. The van der Waals surface area contributed by atoms with Gasteiger partial charge in [-0.25, -0.2) is 0 Å². The number of carbonyl (C=O) groups excluding carboxylic acids is 1. The van der Waals surface area contributed by atoms with Gasteiger partial charge in [-0.15, -0.1) is 0 Å². The van der Waals surface area contributed by atoms with Crippen LogP contribution >= 0.6 is 15.9 Å². The number of hydrogen-bond acceptors (Lipinski definition) is 4. The van der Waals surface area contributed by atoms with Crippen LogP contribution in [0.15, 0.2) is 40.9 Å². The molecule has 2 aromatic rings. The molecule has 2 N–H and O–H groups in total. The third-order valence-electron chi connectivity index (χ3n) is 3.20. The summed E-state index contributed by atoms with van der Waals surface area (Å²) in [7, 11) is 3.22. The molecule has 0 radical (unpaired) electrons. The van der Waals surface area contributed by atoms with Gasteiger partial charge in [0.2, 0.25) is 5.91 Å². The second-order valence-electron chi connectivity index (χ2n) is 4.93. The molecule has 2 rings (SSSR count). The maximum atomic E-state index is 11.0. The van der Waals surface area contributed by atoms with Gasteiger partial charge in [-0.05, 0) is 57.9 Å². The van der Waals surface area contributed by atoms with Gasteiger partial charge in [0.25, 0.3) is 0 Å². The zero-order chi connectivity index (χ0) is 16.8. The molecule has 0 saturated heterocycles. The predicted molar refractivity (Wildman–Crippen MR) is 95.3 cm³/mol. The zero-order valence-corrected chi connectivity index (χ0v) is 14.9. The van der Waals surface area contributed by atoms with Gasteiger partial charge in [0, 0.05) is 24.8 Å². The van der Waals surface area contributed by atoms with Gasteiger partial charge in [0.1, 0.15) is 0 Å². The van der Waals surface area contributed by atoms with Crippen LogP contribution in [0.1, 0.15) is 12.5 Å². The van der Waals surface area contributed by atoms with Crippen molar-refractivity contribution in [3.63, 3.8) is 0 Å². The Hall–Kier alpha value is -2.21. The van der Waals surface area contributed by atoms with Crippen molar-refractivity contribution in [2.45, 2.75) is 13.5 Å². The van der Waals surface area contributed by atoms with Gasteiger partial charge < -0.3 is 20.1 Å². The quantitative estimate of drug-likeness (QED) is 0.796. The molecular weight excluding hydrogens is 360 g/mol. The molecule has 0 spiro atoms. The second kappa shape index (κ2) is 7.87. The Balaban J connectivity index is 2.06. The molecule has 0 aliphatic rings. The number of benzene rings is 2.